The SMILES string of the molecule is COc1ccc(N2CCN(Cc3cccc(-c4ccccc4)c3)CC2)cc1OC. The Kier molecular flexibility index (Phi) is 6.01. The zero-order valence-electron chi connectivity index (χ0n) is 17.2. The fourth-order valence-electron chi connectivity index (χ4n) is 3.92. The first-order valence-corrected chi connectivity index (χ1v) is 10.1. The van der Waals surface area contributed by atoms with Crippen LogP contribution in [0.15, 0.2) is 72.8 Å². The van der Waals surface area contributed by atoms with Crippen molar-refractivity contribution in [3.05, 3.63) is 78.4 Å². The summed E-state index contributed by atoms with van der Waals surface area (Å²) in [7, 11) is 3.35. The summed E-state index contributed by atoms with van der Waals surface area (Å²) in [6.07, 6.45) is 0. The van der Waals surface area contributed by atoms with Crippen LogP contribution in [0.25, 0.3) is 11.1 Å². The number of hydrogen-bond donors (Lipinski definition) is 0. The molecule has 1 saturated heterocycles. The maximum atomic E-state index is 5.45. The Labute approximate surface area is 173 Å². The third-order valence-electron chi connectivity index (χ3n) is 5.54. The molecule has 0 bridgehead atoms. The molecule has 150 valence electrons. The van der Waals surface area contributed by atoms with Crippen LogP contribution in [-0.4, -0.2) is 45.3 Å². The first-order chi connectivity index (χ1) is 14.3. The van der Waals surface area contributed by atoms with Crippen molar-refractivity contribution in [3.63, 3.8) is 0 Å². The molecule has 3 aromatic carbocycles. The monoisotopic (exact) mass is 388 g/mol. The molecule has 0 spiro atoms. The maximum Gasteiger partial charge on any atom is 0.162 e. The second-order valence-electron chi connectivity index (χ2n) is 7.37. The van der Waals surface area contributed by atoms with Crippen molar-refractivity contribution in [2.45, 2.75) is 6.54 Å². The second-order valence-corrected chi connectivity index (χ2v) is 7.37. The summed E-state index contributed by atoms with van der Waals surface area (Å²) in [4.78, 5) is 4.94. The summed E-state index contributed by atoms with van der Waals surface area (Å²) in [5, 5.41) is 0. The quantitative estimate of drug-likeness (QED) is 0.611. The molecule has 1 heterocycles. The first kappa shape index (κ1) is 19.3. The Morgan fingerprint density at radius 1 is 0.690 bits per heavy atom. The molecule has 1 aliphatic heterocycles. The Hall–Kier alpha value is -2.98. The number of benzene rings is 3. The molecule has 0 amide bonds. The van der Waals surface area contributed by atoms with Gasteiger partial charge in [0.15, 0.2) is 11.5 Å². The summed E-state index contributed by atoms with van der Waals surface area (Å²) in [5.41, 5.74) is 5.11. The van der Waals surface area contributed by atoms with Gasteiger partial charge in [-0.05, 0) is 34.9 Å². The molecule has 4 rings (SSSR count). The van der Waals surface area contributed by atoms with Crippen molar-refractivity contribution in [2.24, 2.45) is 0 Å². The van der Waals surface area contributed by atoms with E-state index in [1.165, 1.54) is 22.4 Å². The number of piperazine rings is 1. The van der Waals surface area contributed by atoms with Gasteiger partial charge in [-0.1, -0.05) is 48.5 Å². The first-order valence-electron chi connectivity index (χ1n) is 10.1. The smallest absolute Gasteiger partial charge is 0.162 e. The van der Waals surface area contributed by atoms with Gasteiger partial charge in [0.05, 0.1) is 14.2 Å². The topological polar surface area (TPSA) is 24.9 Å². The molecule has 1 fully saturated rings. The van der Waals surface area contributed by atoms with E-state index >= 15 is 0 Å². The normalized spacial score (nSPS) is 14.6. The van der Waals surface area contributed by atoms with E-state index < -0.39 is 0 Å². The second kappa shape index (κ2) is 9.01. The molecule has 0 saturated carbocycles. The minimum atomic E-state index is 0.771. The summed E-state index contributed by atoms with van der Waals surface area (Å²) >= 11 is 0. The van der Waals surface area contributed by atoms with Crippen molar-refractivity contribution >= 4 is 5.69 Å². The molecule has 0 radical (unpaired) electrons. The van der Waals surface area contributed by atoms with Gasteiger partial charge in [0.2, 0.25) is 0 Å². The zero-order valence-corrected chi connectivity index (χ0v) is 17.2. The predicted molar refractivity (Wildman–Crippen MR) is 119 cm³/mol. The van der Waals surface area contributed by atoms with Gasteiger partial charge >= 0.3 is 0 Å². The minimum Gasteiger partial charge on any atom is -0.493 e. The molecule has 0 aliphatic carbocycles. The third kappa shape index (κ3) is 4.54. The fourth-order valence-corrected chi connectivity index (χ4v) is 3.92. The van der Waals surface area contributed by atoms with Gasteiger partial charge in [-0.15, -0.1) is 0 Å². The van der Waals surface area contributed by atoms with E-state index in [1.54, 1.807) is 14.2 Å². The number of methoxy groups -OCH3 is 2. The lowest BCUT2D eigenvalue weighted by atomic mass is 10.0. The van der Waals surface area contributed by atoms with Gasteiger partial charge in [0, 0.05) is 44.5 Å². The molecular weight excluding hydrogens is 360 g/mol. The van der Waals surface area contributed by atoms with Crippen LogP contribution in [0, 0.1) is 0 Å². The molecule has 29 heavy (non-hydrogen) atoms. The van der Waals surface area contributed by atoms with E-state index in [4.69, 9.17) is 9.47 Å². The van der Waals surface area contributed by atoms with E-state index in [9.17, 15) is 0 Å². The van der Waals surface area contributed by atoms with Crippen molar-refractivity contribution in [1.29, 1.82) is 0 Å². The molecule has 1 aliphatic rings. The summed E-state index contributed by atoms with van der Waals surface area (Å²) in [6.45, 7) is 5.09. The van der Waals surface area contributed by atoms with E-state index in [2.05, 4.69) is 76.5 Å². The molecule has 0 atom stereocenters. The van der Waals surface area contributed by atoms with Gasteiger partial charge < -0.3 is 14.4 Å². The summed E-state index contributed by atoms with van der Waals surface area (Å²) in [5.74, 6) is 1.55. The lowest BCUT2D eigenvalue weighted by Crippen LogP contribution is -2.45. The molecule has 0 N–H and O–H groups in total. The van der Waals surface area contributed by atoms with Crippen LogP contribution < -0.4 is 14.4 Å². The van der Waals surface area contributed by atoms with Gasteiger partial charge in [-0.25, -0.2) is 0 Å². The molecule has 0 unspecified atom stereocenters. The largest absolute Gasteiger partial charge is 0.493 e. The number of hydrogen-bond acceptors (Lipinski definition) is 4. The molecular formula is C25H28N2O2. The highest BCUT2D eigenvalue weighted by Crippen LogP contribution is 2.32. The average Bonchev–Trinajstić information content (AvgIpc) is 2.80. The van der Waals surface area contributed by atoms with E-state index in [0.717, 1.165) is 44.2 Å². The lowest BCUT2D eigenvalue weighted by molar-refractivity contribution is 0.250. The lowest BCUT2D eigenvalue weighted by Gasteiger charge is -2.36. The number of ether oxygens (including phenoxy) is 2. The van der Waals surface area contributed by atoms with Crippen LogP contribution in [-0.2, 0) is 6.54 Å². The van der Waals surface area contributed by atoms with Crippen LogP contribution in [0.2, 0.25) is 0 Å². The highest BCUT2D eigenvalue weighted by atomic mass is 16.5. The van der Waals surface area contributed by atoms with Gasteiger partial charge in [-0.3, -0.25) is 4.90 Å². The molecule has 0 aromatic heterocycles. The van der Waals surface area contributed by atoms with Crippen LogP contribution in [0.1, 0.15) is 5.56 Å². The Morgan fingerprint density at radius 2 is 1.41 bits per heavy atom. The standard InChI is InChI=1S/C25H28N2O2/c1-28-24-12-11-23(18-25(24)29-2)27-15-13-26(14-16-27)19-20-7-6-10-22(17-20)21-8-4-3-5-9-21/h3-12,17-18H,13-16,19H2,1-2H3. The summed E-state index contributed by atoms with van der Waals surface area (Å²) < 4.78 is 10.8. The molecule has 3 aromatic rings. The van der Waals surface area contributed by atoms with E-state index in [0.29, 0.717) is 0 Å². The summed E-state index contributed by atoms with van der Waals surface area (Å²) in [6, 6.07) is 25.6. The Morgan fingerprint density at radius 3 is 2.14 bits per heavy atom. The Balaban J connectivity index is 1.38. The molecule has 4 nitrogen and oxygen atoms in total. The van der Waals surface area contributed by atoms with Crippen LogP contribution in [0.4, 0.5) is 5.69 Å². The van der Waals surface area contributed by atoms with Gasteiger partial charge in [0.25, 0.3) is 0 Å². The molecule has 4 heteroatoms. The van der Waals surface area contributed by atoms with Gasteiger partial charge in [0.1, 0.15) is 0 Å². The zero-order chi connectivity index (χ0) is 20.1. The fraction of sp³-hybridized carbons (Fsp3) is 0.280. The number of rotatable bonds is 6. The predicted octanol–water partition coefficient (Wildman–Crippen LogP) is 4.69. The highest BCUT2D eigenvalue weighted by molar-refractivity contribution is 5.64. The van der Waals surface area contributed by atoms with Crippen molar-refractivity contribution < 1.29 is 9.47 Å². The van der Waals surface area contributed by atoms with E-state index in [-0.39, 0.29) is 0 Å². The Bertz CT molecular complexity index is 935. The average molecular weight is 389 g/mol. The number of anilines is 1. The van der Waals surface area contributed by atoms with Crippen molar-refractivity contribution in [1.82, 2.24) is 4.90 Å². The van der Waals surface area contributed by atoms with Crippen LogP contribution >= 0.6 is 0 Å². The van der Waals surface area contributed by atoms with Gasteiger partial charge in [-0.2, -0.15) is 0 Å². The van der Waals surface area contributed by atoms with E-state index in [1.807, 2.05) is 6.07 Å². The van der Waals surface area contributed by atoms with Crippen LogP contribution in [0.3, 0.4) is 0 Å². The van der Waals surface area contributed by atoms with Crippen LogP contribution in [0.5, 0.6) is 11.5 Å². The van der Waals surface area contributed by atoms with Crippen molar-refractivity contribution in [2.75, 3.05) is 45.3 Å². The maximum absolute atomic E-state index is 5.45. The van der Waals surface area contributed by atoms with Crippen molar-refractivity contribution in [3.8, 4) is 22.6 Å². The minimum absolute atomic E-state index is 0.771. The third-order valence-corrected chi connectivity index (χ3v) is 5.54. The highest BCUT2D eigenvalue weighted by Gasteiger charge is 2.18. The number of nitrogens with zero attached hydrogens (tertiary/aromatic N) is 2.